The smallest absolute Gasteiger partial charge is 0.0486 e. The second-order valence-corrected chi connectivity index (χ2v) is 2.24. The molecular weight excluding hydrogens is 132 g/mol. The van der Waals surface area contributed by atoms with Gasteiger partial charge in [-0.1, -0.05) is 29.8 Å². The van der Waals surface area contributed by atoms with E-state index in [1.54, 1.807) is 0 Å². The summed E-state index contributed by atoms with van der Waals surface area (Å²) in [5, 5.41) is 0. The fourth-order valence-electron chi connectivity index (χ4n) is 0.639. The van der Waals surface area contributed by atoms with Crippen LogP contribution in [-0.4, -0.2) is 0 Å². The van der Waals surface area contributed by atoms with E-state index >= 15 is 0 Å². The second-order valence-electron chi connectivity index (χ2n) is 2.02. The Hall–Kier alpha value is -0.490. The summed E-state index contributed by atoms with van der Waals surface area (Å²) in [6.07, 6.45) is 0. The standard InChI is InChI=1S/C8H9Cl/c1-7-2-4-8(6-9)5-3-7/h2-5H,6H2,1H3/i6D. The molecule has 1 aromatic carbocycles. The molecule has 0 aromatic heterocycles. The van der Waals surface area contributed by atoms with Gasteiger partial charge in [-0.05, 0) is 12.5 Å². The van der Waals surface area contributed by atoms with E-state index in [1.807, 2.05) is 31.2 Å². The molecule has 1 aromatic rings. The Morgan fingerprint density at radius 1 is 1.44 bits per heavy atom. The zero-order valence-corrected chi connectivity index (χ0v) is 6.02. The number of benzene rings is 1. The van der Waals surface area contributed by atoms with Crippen molar-refractivity contribution in [3.63, 3.8) is 0 Å². The Labute approximate surface area is 61.9 Å². The minimum Gasteiger partial charge on any atom is -0.122 e. The third-order valence-corrected chi connectivity index (χ3v) is 1.46. The van der Waals surface area contributed by atoms with Gasteiger partial charge in [0.15, 0.2) is 0 Å². The van der Waals surface area contributed by atoms with Crippen LogP contribution in [0.25, 0.3) is 0 Å². The van der Waals surface area contributed by atoms with Gasteiger partial charge < -0.3 is 0 Å². The van der Waals surface area contributed by atoms with Gasteiger partial charge in [0.05, 0.1) is 0 Å². The molecule has 1 atom stereocenters. The molecule has 0 bridgehead atoms. The number of halogens is 1. The van der Waals surface area contributed by atoms with Crippen LogP contribution < -0.4 is 0 Å². The van der Waals surface area contributed by atoms with E-state index < -0.39 is 5.86 Å². The maximum Gasteiger partial charge on any atom is 0.0486 e. The van der Waals surface area contributed by atoms with Crippen molar-refractivity contribution < 1.29 is 1.37 Å². The highest BCUT2D eigenvalue weighted by atomic mass is 35.5. The van der Waals surface area contributed by atoms with E-state index in [4.69, 9.17) is 13.0 Å². The topological polar surface area (TPSA) is 0 Å². The van der Waals surface area contributed by atoms with Crippen LogP contribution in [0.2, 0.25) is 0 Å². The molecule has 0 spiro atoms. The number of hydrogen-bond donors (Lipinski definition) is 0. The molecule has 9 heavy (non-hydrogen) atoms. The lowest BCUT2D eigenvalue weighted by molar-refractivity contribution is 1.36. The zero-order valence-electron chi connectivity index (χ0n) is 6.26. The highest BCUT2D eigenvalue weighted by molar-refractivity contribution is 6.17. The molecule has 0 nitrogen and oxygen atoms in total. The Morgan fingerprint density at radius 3 is 2.44 bits per heavy atom. The van der Waals surface area contributed by atoms with Crippen molar-refractivity contribution in [2.75, 3.05) is 0 Å². The highest BCUT2D eigenvalue weighted by Gasteiger charge is 1.86. The van der Waals surface area contributed by atoms with E-state index in [1.165, 1.54) is 5.56 Å². The van der Waals surface area contributed by atoms with Crippen LogP contribution in [0.4, 0.5) is 0 Å². The largest absolute Gasteiger partial charge is 0.122 e. The van der Waals surface area contributed by atoms with Crippen LogP contribution in [0.5, 0.6) is 0 Å². The van der Waals surface area contributed by atoms with Gasteiger partial charge in [0.2, 0.25) is 0 Å². The van der Waals surface area contributed by atoms with Crippen LogP contribution in [0.1, 0.15) is 12.5 Å². The van der Waals surface area contributed by atoms with Crippen LogP contribution in [0, 0.1) is 6.92 Å². The molecule has 0 radical (unpaired) electrons. The predicted molar refractivity (Wildman–Crippen MR) is 40.7 cm³/mol. The molecule has 0 aliphatic rings. The van der Waals surface area contributed by atoms with Gasteiger partial charge in [0.25, 0.3) is 0 Å². The van der Waals surface area contributed by atoms with Crippen molar-refractivity contribution in [3.8, 4) is 0 Å². The molecule has 0 fully saturated rings. The summed E-state index contributed by atoms with van der Waals surface area (Å²) in [7, 11) is 0. The predicted octanol–water partition coefficient (Wildman–Crippen LogP) is 2.73. The molecule has 0 saturated carbocycles. The third kappa shape index (κ3) is 1.72. The lowest BCUT2D eigenvalue weighted by Gasteiger charge is -1.93. The van der Waals surface area contributed by atoms with E-state index in [2.05, 4.69) is 0 Å². The SMILES string of the molecule is [2H]C(Cl)c1ccc(C)cc1. The summed E-state index contributed by atoms with van der Waals surface area (Å²) in [5.41, 5.74) is 2.05. The number of alkyl halides is 1. The molecule has 0 aliphatic carbocycles. The van der Waals surface area contributed by atoms with Crippen LogP contribution in [-0.2, 0) is 5.86 Å². The lowest BCUT2D eigenvalue weighted by atomic mass is 10.2. The molecule has 1 unspecified atom stereocenters. The Kier molecular flexibility index (Phi) is 1.70. The number of hydrogen-bond acceptors (Lipinski definition) is 0. The van der Waals surface area contributed by atoms with Crippen molar-refractivity contribution in [3.05, 3.63) is 35.4 Å². The first-order chi connectivity index (χ1) is 4.70. The normalized spacial score (nSPS) is 14.7. The van der Waals surface area contributed by atoms with Gasteiger partial charge in [-0.3, -0.25) is 0 Å². The first kappa shape index (κ1) is 5.31. The van der Waals surface area contributed by atoms with Gasteiger partial charge in [-0.15, -0.1) is 11.6 Å². The van der Waals surface area contributed by atoms with Crippen molar-refractivity contribution in [2.45, 2.75) is 12.8 Å². The second kappa shape index (κ2) is 2.88. The molecule has 0 aliphatic heterocycles. The summed E-state index contributed by atoms with van der Waals surface area (Å²) < 4.78 is 7.15. The van der Waals surface area contributed by atoms with E-state index in [-0.39, 0.29) is 0 Å². The molecule has 0 heterocycles. The quantitative estimate of drug-likeness (QED) is 0.528. The fraction of sp³-hybridized carbons (Fsp3) is 0.250. The Balaban J connectivity index is 2.89. The molecule has 1 rings (SSSR count). The average molecular weight is 142 g/mol. The monoisotopic (exact) mass is 141 g/mol. The third-order valence-electron chi connectivity index (χ3n) is 1.20. The van der Waals surface area contributed by atoms with Crippen LogP contribution in [0.3, 0.4) is 0 Å². The number of aryl methyl sites for hydroxylation is 1. The van der Waals surface area contributed by atoms with E-state index in [0.29, 0.717) is 0 Å². The molecule has 0 amide bonds. The van der Waals surface area contributed by atoms with Crippen molar-refractivity contribution in [1.82, 2.24) is 0 Å². The molecule has 0 saturated heterocycles. The maximum atomic E-state index is 7.15. The van der Waals surface area contributed by atoms with Crippen LogP contribution >= 0.6 is 11.6 Å². The van der Waals surface area contributed by atoms with Crippen molar-refractivity contribution in [2.24, 2.45) is 0 Å². The minimum absolute atomic E-state index is 0.624. The summed E-state index contributed by atoms with van der Waals surface area (Å²) in [6, 6.07) is 7.67. The molecule has 0 N–H and O–H groups in total. The van der Waals surface area contributed by atoms with Gasteiger partial charge in [0.1, 0.15) is 0 Å². The number of rotatable bonds is 1. The Bertz CT molecular complexity index is 203. The summed E-state index contributed by atoms with van der Waals surface area (Å²) in [5.74, 6) is -0.624. The maximum absolute atomic E-state index is 7.15. The van der Waals surface area contributed by atoms with Crippen molar-refractivity contribution in [1.29, 1.82) is 0 Å². The average Bonchev–Trinajstić information content (AvgIpc) is 1.88. The Morgan fingerprint density at radius 2 is 2.00 bits per heavy atom. The van der Waals surface area contributed by atoms with E-state index in [0.717, 1.165) is 5.56 Å². The van der Waals surface area contributed by atoms with Gasteiger partial charge >= 0.3 is 0 Å². The molecule has 1 heteroatoms. The summed E-state index contributed by atoms with van der Waals surface area (Å²) >= 11 is 5.52. The van der Waals surface area contributed by atoms with Gasteiger partial charge in [0, 0.05) is 7.23 Å². The van der Waals surface area contributed by atoms with E-state index in [9.17, 15) is 0 Å². The van der Waals surface area contributed by atoms with Crippen molar-refractivity contribution >= 4 is 11.6 Å². The summed E-state index contributed by atoms with van der Waals surface area (Å²) in [6.45, 7) is 2.01. The molecular formula is C8H9Cl. The highest BCUT2D eigenvalue weighted by Crippen LogP contribution is 2.04. The zero-order chi connectivity index (χ0) is 7.56. The van der Waals surface area contributed by atoms with Gasteiger partial charge in [-0.2, -0.15) is 0 Å². The first-order valence-electron chi connectivity index (χ1n) is 3.41. The molecule has 48 valence electrons. The van der Waals surface area contributed by atoms with Gasteiger partial charge in [-0.25, -0.2) is 0 Å². The fourth-order valence-corrected chi connectivity index (χ4v) is 0.785. The first-order valence-corrected chi connectivity index (χ1v) is 3.26. The minimum atomic E-state index is -0.624. The lowest BCUT2D eigenvalue weighted by Crippen LogP contribution is -1.75. The summed E-state index contributed by atoms with van der Waals surface area (Å²) in [4.78, 5) is 0. The van der Waals surface area contributed by atoms with Crippen LogP contribution in [0.15, 0.2) is 24.3 Å².